The number of carboxylic acids is 1. The number of nitrogens with zero attached hydrogens (tertiary/aromatic N) is 3. The van der Waals surface area contributed by atoms with Crippen LogP contribution in [0.5, 0.6) is 23.3 Å². The van der Waals surface area contributed by atoms with E-state index in [0.717, 1.165) is 23.6 Å². The van der Waals surface area contributed by atoms with Crippen LogP contribution in [0, 0.1) is 0 Å². The normalized spacial score (nSPS) is 11.4. The molecule has 2 aromatic carbocycles. The van der Waals surface area contributed by atoms with Crippen LogP contribution in [0.3, 0.4) is 0 Å². The van der Waals surface area contributed by atoms with Crippen LogP contribution < -0.4 is 14.2 Å². The van der Waals surface area contributed by atoms with Crippen molar-refractivity contribution in [3.63, 3.8) is 0 Å². The van der Waals surface area contributed by atoms with Gasteiger partial charge in [-0.25, -0.2) is 4.98 Å². The highest BCUT2D eigenvalue weighted by Crippen LogP contribution is 2.36. The zero-order valence-corrected chi connectivity index (χ0v) is 23.5. The molecule has 0 amide bonds. The summed E-state index contributed by atoms with van der Waals surface area (Å²) in [4.78, 5) is 15.2. The lowest BCUT2D eigenvalue weighted by molar-refractivity contribution is -0.138. The number of aliphatic carboxylic acids is 1. The van der Waals surface area contributed by atoms with Crippen molar-refractivity contribution >= 4 is 17.6 Å². The second-order valence-corrected chi connectivity index (χ2v) is 9.80. The molecule has 0 radical (unpaired) electrons. The third-order valence-corrected chi connectivity index (χ3v) is 6.28. The minimum Gasteiger partial charge on any atom is -0.493 e. The molecule has 0 bridgehead atoms. The van der Waals surface area contributed by atoms with E-state index < -0.39 is 17.7 Å². The molecule has 0 aliphatic heterocycles. The maximum Gasteiger partial charge on any atom is 0.417 e. The Hall–Kier alpha value is -4.25. The van der Waals surface area contributed by atoms with Crippen molar-refractivity contribution in [1.82, 2.24) is 14.8 Å². The van der Waals surface area contributed by atoms with Crippen LogP contribution in [0.15, 0.2) is 67.0 Å². The van der Waals surface area contributed by atoms with Crippen molar-refractivity contribution in [3.8, 4) is 23.3 Å². The van der Waals surface area contributed by atoms with Gasteiger partial charge in [-0.1, -0.05) is 54.9 Å². The summed E-state index contributed by atoms with van der Waals surface area (Å²) >= 11 is 6.07. The van der Waals surface area contributed by atoms with E-state index >= 15 is 0 Å². The van der Waals surface area contributed by atoms with E-state index in [1.165, 1.54) is 0 Å². The number of halogens is 4. The molecule has 2 aromatic heterocycles. The van der Waals surface area contributed by atoms with Gasteiger partial charge in [-0.15, -0.1) is 5.10 Å². The quantitative estimate of drug-likeness (QED) is 0.152. The summed E-state index contributed by atoms with van der Waals surface area (Å²) in [6.45, 7) is 3.12. The van der Waals surface area contributed by atoms with Crippen LogP contribution in [-0.2, 0) is 30.4 Å². The highest BCUT2D eigenvalue weighted by atomic mass is 35.5. The Kier molecular flexibility index (Phi) is 10.3. The number of ether oxygens (including phenoxy) is 3. The van der Waals surface area contributed by atoms with Crippen LogP contribution in [0.1, 0.15) is 42.0 Å². The topological polar surface area (TPSA) is 95.7 Å². The van der Waals surface area contributed by atoms with E-state index in [2.05, 4.69) is 10.1 Å². The van der Waals surface area contributed by atoms with E-state index in [0.29, 0.717) is 49.3 Å². The van der Waals surface area contributed by atoms with Gasteiger partial charge >= 0.3 is 12.1 Å². The number of hydrogen-bond acceptors (Lipinski definition) is 6. The number of carbonyl (C=O) groups is 1. The summed E-state index contributed by atoms with van der Waals surface area (Å²) in [6.07, 6.45) is -0.751. The molecular weight excluding hydrogens is 575 g/mol. The number of rotatable bonds is 14. The number of aromatic nitrogens is 3. The second kappa shape index (κ2) is 14.1. The van der Waals surface area contributed by atoms with Gasteiger partial charge in [0.25, 0.3) is 0 Å². The first-order chi connectivity index (χ1) is 20.1. The number of alkyl halides is 3. The van der Waals surface area contributed by atoms with Crippen molar-refractivity contribution in [2.75, 3.05) is 13.2 Å². The molecule has 0 saturated heterocycles. The van der Waals surface area contributed by atoms with Gasteiger partial charge in [-0.3, -0.25) is 9.48 Å². The van der Waals surface area contributed by atoms with Crippen LogP contribution >= 0.6 is 11.6 Å². The van der Waals surface area contributed by atoms with Gasteiger partial charge in [-0.05, 0) is 42.5 Å². The Morgan fingerprint density at radius 2 is 1.81 bits per heavy atom. The van der Waals surface area contributed by atoms with Gasteiger partial charge in [0.15, 0.2) is 0 Å². The summed E-state index contributed by atoms with van der Waals surface area (Å²) in [7, 11) is 0. The molecule has 12 heteroatoms. The van der Waals surface area contributed by atoms with Crippen LogP contribution in [0.2, 0.25) is 5.02 Å². The second-order valence-electron chi connectivity index (χ2n) is 9.39. The summed E-state index contributed by atoms with van der Waals surface area (Å²) in [6, 6.07) is 15.6. The Balaban J connectivity index is 1.46. The van der Waals surface area contributed by atoms with Gasteiger partial charge in [0.2, 0.25) is 11.8 Å². The molecule has 8 nitrogen and oxygen atoms in total. The van der Waals surface area contributed by atoms with Crippen LogP contribution in [0.4, 0.5) is 13.2 Å². The van der Waals surface area contributed by atoms with E-state index in [9.17, 15) is 23.1 Å². The molecule has 1 N–H and O–H groups in total. The zero-order valence-electron chi connectivity index (χ0n) is 22.7. The van der Waals surface area contributed by atoms with Crippen molar-refractivity contribution < 1.29 is 37.3 Å². The highest BCUT2D eigenvalue weighted by molar-refractivity contribution is 6.31. The van der Waals surface area contributed by atoms with Crippen molar-refractivity contribution in [1.29, 1.82) is 0 Å². The number of pyridine rings is 1. The summed E-state index contributed by atoms with van der Waals surface area (Å²) in [5.74, 6) is -0.0682. The maximum atomic E-state index is 13.0. The van der Waals surface area contributed by atoms with E-state index in [4.69, 9.17) is 25.8 Å². The average molecular weight is 604 g/mol. The van der Waals surface area contributed by atoms with Gasteiger partial charge in [-0.2, -0.15) is 13.2 Å². The van der Waals surface area contributed by atoms with Crippen LogP contribution in [-0.4, -0.2) is 39.1 Å². The summed E-state index contributed by atoms with van der Waals surface area (Å²) in [5.41, 5.74) is 1.21. The Bertz CT molecular complexity index is 1500. The van der Waals surface area contributed by atoms with Crippen molar-refractivity contribution in [2.24, 2.45) is 0 Å². The van der Waals surface area contributed by atoms with Crippen molar-refractivity contribution in [2.45, 2.75) is 45.3 Å². The lowest BCUT2D eigenvalue weighted by atomic mass is 10.1. The van der Waals surface area contributed by atoms with E-state index in [1.54, 1.807) is 29.1 Å². The van der Waals surface area contributed by atoms with Gasteiger partial charge in [0.1, 0.15) is 16.5 Å². The van der Waals surface area contributed by atoms with Gasteiger partial charge in [0.05, 0.1) is 31.7 Å². The number of aryl methyl sites for hydroxylation is 1. The number of benzene rings is 2. The third kappa shape index (κ3) is 8.62. The van der Waals surface area contributed by atoms with E-state index in [-0.39, 0.29) is 29.8 Å². The monoisotopic (exact) mass is 603 g/mol. The summed E-state index contributed by atoms with van der Waals surface area (Å²) in [5, 5.41) is 13.5. The number of carboxylic acid groups (broad SMARTS) is 1. The molecule has 0 atom stereocenters. The standard InChI is InChI=1S/C30H29ClF3N3O5/c1-2-12-40-24-11-10-21(26(16-24)42-29-25(31)15-23(17-35-29)30(32,33)34)9-6-13-41-28-22(14-27(38)39)19-37(36-28)18-20-7-4-3-5-8-20/h3-5,7-8,10-11,15-17,19H,2,6,9,12-14,18H2,1H3,(H,38,39). The summed E-state index contributed by atoms with van der Waals surface area (Å²) < 4.78 is 58.2. The molecule has 0 aliphatic rings. The fourth-order valence-electron chi connectivity index (χ4n) is 4.04. The molecule has 222 valence electrons. The fraction of sp³-hybridized carbons (Fsp3) is 0.300. The van der Waals surface area contributed by atoms with E-state index in [1.807, 2.05) is 37.3 Å². The fourth-order valence-corrected chi connectivity index (χ4v) is 4.24. The first-order valence-corrected chi connectivity index (χ1v) is 13.6. The minimum atomic E-state index is -4.59. The molecule has 0 saturated carbocycles. The average Bonchev–Trinajstić information content (AvgIpc) is 3.31. The predicted molar refractivity (Wildman–Crippen MR) is 149 cm³/mol. The largest absolute Gasteiger partial charge is 0.493 e. The van der Waals surface area contributed by atoms with Gasteiger partial charge < -0.3 is 19.3 Å². The Labute approximate surface area is 245 Å². The molecular formula is C30H29ClF3N3O5. The predicted octanol–water partition coefficient (Wildman–Crippen LogP) is 7.22. The van der Waals surface area contributed by atoms with Crippen molar-refractivity contribution in [3.05, 3.63) is 94.3 Å². The zero-order chi connectivity index (χ0) is 30.1. The van der Waals surface area contributed by atoms with Gasteiger partial charge in [0, 0.05) is 24.0 Å². The molecule has 4 aromatic rings. The Morgan fingerprint density at radius 1 is 1.02 bits per heavy atom. The first kappa shape index (κ1) is 30.7. The van der Waals surface area contributed by atoms with Crippen LogP contribution in [0.25, 0.3) is 0 Å². The molecule has 0 spiro atoms. The lowest BCUT2D eigenvalue weighted by Gasteiger charge is -2.15. The lowest BCUT2D eigenvalue weighted by Crippen LogP contribution is -2.06. The third-order valence-electron chi connectivity index (χ3n) is 6.01. The number of hydrogen-bond donors (Lipinski definition) is 1. The molecule has 0 fully saturated rings. The SMILES string of the molecule is CCCOc1ccc(CCCOc2nn(Cc3ccccc3)cc2CC(=O)O)c(Oc2ncc(C(F)(F)F)cc2Cl)c1. The maximum absolute atomic E-state index is 13.0. The molecule has 42 heavy (non-hydrogen) atoms. The Morgan fingerprint density at radius 3 is 2.50 bits per heavy atom. The molecule has 4 rings (SSSR count). The first-order valence-electron chi connectivity index (χ1n) is 13.2. The highest BCUT2D eigenvalue weighted by Gasteiger charge is 2.32. The smallest absolute Gasteiger partial charge is 0.417 e. The minimum absolute atomic E-state index is 0.169. The molecule has 2 heterocycles. The molecule has 0 aliphatic carbocycles. The molecule has 0 unspecified atom stereocenters.